The van der Waals surface area contributed by atoms with Crippen LogP contribution in [0, 0.1) is 0 Å². The van der Waals surface area contributed by atoms with Crippen molar-refractivity contribution in [2.24, 2.45) is 0 Å². The first-order valence-electron chi connectivity index (χ1n) is 6.59. The van der Waals surface area contributed by atoms with Gasteiger partial charge < -0.3 is 0 Å². The fourth-order valence-corrected chi connectivity index (χ4v) is 2.80. The highest BCUT2D eigenvalue weighted by Gasteiger charge is 2.21. The molecule has 1 rings (SSSR count). The van der Waals surface area contributed by atoms with Crippen molar-refractivity contribution in [1.29, 1.82) is 0 Å². The maximum atomic E-state index is 12.1. The number of hydrogen-bond donors (Lipinski definition) is 1. The van der Waals surface area contributed by atoms with Gasteiger partial charge in [0, 0.05) is 15.5 Å². The standard InChI is InChI=1S/C14H23BrN2OS/c1-5-7-11(12-8-6-9-13(15)17-12)16-10-19(18)14(2,3)4/h6,8-9,11,16H,5,7,10H2,1-4H3/t11-,19?/m0/s1. The lowest BCUT2D eigenvalue weighted by Gasteiger charge is -2.22. The summed E-state index contributed by atoms with van der Waals surface area (Å²) in [5, 5.41) is 3.39. The Balaban J connectivity index is 2.71. The van der Waals surface area contributed by atoms with E-state index < -0.39 is 10.8 Å². The number of hydrogen-bond acceptors (Lipinski definition) is 3. The second-order valence-electron chi connectivity index (χ2n) is 5.53. The van der Waals surface area contributed by atoms with E-state index in [1.165, 1.54) is 0 Å². The van der Waals surface area contributed by atoms with Crippen LogP contribution in [-0.4, -0.2) is 19.8 Å². The summed E-state index contributed by atoms with van der Waals surface area (Å²) < 4.78 is 12.7. The van der Waals surface area contributed by atoms with Gasteiger partial charge in [0.05, 0.1) is 17.6 Å². The van der Waals surface area contributed by atoms with Crippen molar-refractivity contribution >= 4 is 26.7 Å². The third-order valence-electron chi connectivity index (χ3n) is 2.81. The van der Waals surface area contributed by atoms with Gasteiger partial charge in [-0.2, -0.15) is 0 Å². The number of nitrogens with zero attached hydrogens (tertiary/aromatic N) is 1. The van der Waals surface area contributed by atoms with E-state index >= 15 is 0 Å². The summed E-state index contributed by atoms with van der Waals surface area (Å²) in [5.41, 5.74) is 1.00. The number of nitrogens with one attached hydrogen (secondary N) is 1. The molecule has 19 heavy (non-hydrogen) atoms. The first kappa shape index (κ1) is 16.8. The summed E-state index contributed by atoms with van der Waals surface area (Å²) in [6, 6.07) is 6.07. The van der Waals surface area contributed by atoms with Crippen LogP contribution in [0.5, 0.6) is 0 Å². The topological polar surface area (TPSA) is 42.0 Å². The molecule has 1 N–H and O–H groups in total. The van der Waals surface area contributed by atoms with Gasteiger partial charge in [-0.3, -0.25) is 9.53 Å². The molecule has 0 aliphatic heterocycles. The molecule has 0 aliphatic rings. The van der Waals surface area contributed by atoms with Crippen molar-refractivity contribution < 1.29 is 4.21 Å². The van der Waals surface area contributed by atoms with Crippen LogP contribution in [0.25, 0.3) is 0 Å². The van der Waals surface area contributed by atoms with Crippen molar-refractivity contribution in [2.45, 2.75) is 51.3 Å². The molecule has 0 aliphatic carbocycles. The van der Waals surface area contributed by atoms with Crippen molar-refractivity contribution in [2.75, 3.05) is 5.88 Å². The molecule has 108 valence electrons. The molecule has 1 unspecified atom stereocenters. The number of pyridine rings is 1. The molecule has 1 heterocycles. The van der Waals surface area contributed by atoms with Crippen LogP contribution in [0.4, 0.5) is 0 Å². The zero-order valence-electron chi connectivity index (χ0n) is 12.1. The smallest absolute Gasteiger partial charge is 0.106 e. The molecule has 5 heteroatoms. The van der Waals surface area contributed by atoms with E-state index in [0.717, 1.165) is 23.1 Å². The first-order valence-corrected chi connectivity index (χ1v) is 8.70. The van der Waals surface area contributed by atoms with Gasteiger partial charge in [-0.1, -0.05) is 19.4 Å². The Morgan fingerprint density at radius 1 is 1.42 bits per heavy atom. The Labute approximate surface area is 127 Å². The van der Waals surface area contributed by atoms with Gasteiger partial charge in [-0.15, -0.1) is 0 Å². The Morgan fingerprint density at radius 3 is 2.63 bits per heavy atom. The van der Waals surface area contributed by atoms with E-state index in [9.17, 15) is 4.21 Å². The minimum Gasteiger partial charge on any atom is -0.297 e. The third-order valence-corrected chi connectivity index (χ3v) is 5.05. The third kappa shape index (κ3) is 5.71. The number of aromatic nitrogens is 1. The predicted octanol–water partition coefficient (Wildman–Crippen LogP) is 3.78. The summed E-state index contributed by atoms with van der Waals surface area (Å²) in [6.45, 7) is 8.14. The highest BCUT2D eigenvalue weighted by molar-refractivity contribution is 9.10. The van der Waals surface area contributed by atoms with Crippen molar-refractivity contribution in [3.05, 3.63) is 28.5 Å². The van der Waals surface area contributed by atoms with Crippen LogP contribution >= 0.6 is 15.9 Å². The summed E-state index contributed by atoms with van der Waals surface area (Å²) in [4.78, 5) is 4.49. The monoisotopic (exact) mass is 346 g/mol. The maximum absolute atomic E-state index is 12.1. The molecule has 0 aromatic carbocycles. The second kappa shape index (κ2) is 7.50. The minimum atomic E-state index is -0.891. The van der Waals surface area contributed by atoms with E-state index in [0.29, 0.717) is 5.88 Å². The zero-order chi connectivity index (χ0) is 14.5. The predicted molar refractivity (Wildman–Crippen MR) is 85.5 cm³/mol. The van der Waals surface area contributed by atoms with Gasteiger partial charge in [0.15, 0.2) is 0 Å². The first-order chi connectivity index (χ1) is 8.84. The summed E-state index contributed by atoms with van der Waals surface area (Å²) >= 11 is 3.39. The van der Waals surface area contributed by atoms with Gasteiger partial charge in [-0.05, 0) is 55.3 Å². The molecule has 0 amide bonds. The molecule has 0 bridgehead atoms. The van der Waals surface area contributed by atoms with Crippen molar-refractivity contribution in [1.82, 2.24) is 10.3 Å². The molecule has 2 atom stereocenters. The van der Waals surface area contributed by atoms with Gasteiger partial charge in [0.25, 0.3) is 0 Å². The molecule has 0 saturated carbocycles. The normalized spacial score (nSPS) is 15.2. The van der Waals surface area contributed by atoms with E-state index in [1.54, 1.807) is 0 Å². The molecule has 3 nitrogen and oxygen atoms in total. The number of rotatable bonds is 6. The SMILES string of the molecule is CCC[C@H](NCS(=O)C(C)(C)C)c1cccc(Br)n1. The van der Waals surface area contributed by atoms with Crippen LogP contribution in [0.15, 0.2) is 22.8 Å². The van der Waals surface area contributed by atoms with Gasteiger partial charge >= 0.3 is 0 Å². The zero-order valence-corrected chi connectivity index (χ0v) is 14.5. The number of halogens is 1. The molecular formula is C14H23BrN2OS. The Bertz CT molecular complexity index is 432. The van der Waals surface area contributed by atoms with Crippen LogP contribution in [0.2, 0.25) is 0 Å². The lowest BCUT2D eigenvalue weighted by atomic mass is 10.1. The summed E-state index contributed by atoms with van der Waals surface area (Å²) in [6.07, 6.45) is 2.05. The molecule has 1 aromatic rings. The maximum Gasteiger partial charge on any atom is 0.106 e. The van der Waals surface area contributed by atoms with E-state index in [4.69, 9.17) is 0 Å². The lowest BCUT2D eigenvalue weighted by Crippen LogP contribution is -2.33. The van der Waals surface area contributed by atoms with Gasteiger partial charge in [0.2, 0.25) is 0 Å². The van der Waals surface area contributed by atoms with E-state index in [1.807, 2.05) is 39.0 Å². The average molecular weight is 347 g/mol. The highest BCUT2D eigenvalue weighted by Crippen LogP contribution is 2.19. The van der Waals surface area contributed by atoms with Gasteiger partial charge in [0.1, 0.15) is 4.60 Å². The summed E-state index contributed by atoms with van der Waals surface area (Å²) in [5.74, 6) is 0.502. The quantitative estimate of drug-likeness (QED) is 0.797. The van der Waals surface area contributed by atoms with Crippen molar-refractivity contribution in [3.63, 3.8) is 0 Å². The Kier molecular flexibility index (Phi) is 6.63. The van der Waals surface area contributed by atoms with Crippen LogP contribution in [0.3, 0.4) is 0 Å². The molecule has 0 fully saturated rings. The van der Waals surface area contributed by atoms with Crippen LogP contribution in [-0.2, 0) is 10.8 Å². The highest BCUT2D eigenvalue weighted by atomic mass is 79.9. The molecule has 0 spiro atoms. The Morgan fingerprint density at radius 2 is 2.11 bits per heavy atom. The van der Waals surface area contributed by atoms with Gasteiger partial charge in [-0.25, -0.2) is 4.98 Å². The fourth-order valence-electron chi connectivity index (χ4n) is 1.65. The molecule has 0 radical (unpaired) electrons. The average Bonchev–Trinajstić information content (AvgIpc) is 2.32. The molecular weight excluding hydrogens is 324 g/mol. The van der Waals surface area contributed by atoms with E-state index in [2.05, 4.69) is 33.2 Å². The Hall–Kier alpha value is -0.260. The summed E-state index contributed by atoms with van der Waals surface area (Å²) in [7, 11) is -0.891. The van der Waals surface area contributed by atoms with Crippen LogP contribution in [0.1, 0.15) is 52.3 Å². The lowest BCUT2D eigenvalue weighted by molar-refractivity contribution is 0.513. The van der Waals surface area contributed by atoms with Crippen molar-refractivity contribution in [3.8, 4) is 0 Å². The molecule has 1 aromatic heterocycles. The second-order valence-corrected chi connectivity index (χ2v) is 8.55. The molecule has 0 saturated heterocycles. The fraction of sp³-hybridized carbons (Fsp3) is 0.643. The van der Waals surface area contributed by atoms with Crippen LogP contribution < -0.4 is 5.32 Å². The largest absolute Gasteiger partial charge is 0.297 e. The van der Waals surface area contributed by atoms with E-state index in [-0.39, 0.29) is 10.8 Å². The minimum absolute atomic E-state index is 0.161.